The Morgan fingerprint density at radius 3 is 2.76 bits per heavy atom. The summed E-state index contributed by atoms with van der Waals surface area (Å²) in [5, 5.41) is 5.15. The molecular formula is C20H26N2O3. The van der Waals surface area contributed by atoms with Gasteiger partial charge in [-0.25, -0.2) is 0 Å². The SMILES string of the molecule is CC[C@H](Oc1cccc2ccccc12)C(=O)NCCN1CCOCC1. The first-order valence-corrected chi connectivity index (χ1v) is 9.00. The summed E-state index contributed by atoms with van der Waals surface area (Å²) in [6.45, 7) is 6.86. The van der Waals surface area contributed by atoms with E-state index in [0.717, 1.165) is 49.4 Å². The summed E-state index contributed by atoms with van der Waals surface area (Å²) in [4.78, 5) is 14.8. The zero-order chi connectivity index (χ0) is 17.5. The van der Waals surface area contributed by atoms with Crippen LogP contribution in [0.25, 0.3) is 10.8 Å². The second-order valence-corrected chi connectivity index (χ2v) is 6.24. The van der Waals surface area contributed by atoms with Gasteiger partial charge in [-0.05, 0) is 17.9 Å². The van der Waals surface area contributed by atoms with E-state index in [-0.39, 0.29) is 5.91 Å². The predicted molar refractivity (Wildman–Crippen MR) is 98.9 cm³/mol. The van der Waals surface area contributed by atoms with Crippen LogP contribution in [0.4, 0.5) is 0 Å². The molecular weight excluding hydrogens is 316 g/mol. The van der Waals surface area contributed by atoms with Crippen molar-refractivity contribution in [1.82, 2.24) is 10.2 Å². The number of ether oxygens (including phenoxy) is 2. The minimum absolute atomic E-state index is 0.0521. The number of carbonyl (C=O) groups excluding carboxylic acids is 1. The molecule has 25 heavy (non-hydrogen) atoms. The molecule has 0 saturated carbocycles. The normalized spacial score (nSPS) is 16.5. The van der Waals surface area contributed by atoms with Gasteiger partial charge in [-0.2, -0.15) is 0 Å². The highest BCUT2D eigenvalue weighted by atomic mass is 16.5. The molecule has 1 saturated heterocycles. The van der Waals surface area contributed by atoms with Crippen LogP contribution in [0.1, 0.15) is 13.3 Å². The highest BCUT2D eigenvalue weighted by Crippen LogP contribution is 2.26. The summed E-state index contributed by atoms with van der Waals surface area (Å²) in [5.41, 5.74) is 0. The summed E-state index contributed by atoms with van der Waals surface area (Å²) in [6.07, 6.45) is 0.155. The number of hydrogen-bond donors (Lipinski definition) is 1. The van der Waals surface area contributed by atoms with Crippen molar-refractivity contribution in [3.8, 4) is 5.75 Å². The Labute approximate surface area is 148 Å². The Bertz CT molecular complexity index is 693. The van der Waals surface area contributed by atoms with E-state index in [1.165, 1.54) is 0 Å². The summed E-state index contributed by atoms with van der Waals surface area (Å²) in [5.74, 6) is 0.706. The Hall–Kier alpha value is -2.11. The van der Waals surface area contributed by atoms with Gasteiger partial charge < -0.3 is 14.8 Å². The monoisotopic (exact) mass is 342 g/mol. The van der Waals surface area contributed by atoms with Crippen LogP contribution in [0.2, 0.25) is 0 Å². The number of carbonyl (C=O) groups is 1. The molecule has 1 atom stereocenters. The molecule has 1 aliphatic rings. The molecule has 1 fully saturated rings. The minimum atomic E-state index is -0.476. The standard InChI is InChI=1S/C20H26N2O3/c1-2-18(20(23)21-10-11-22-12-14-24-15-13-22)25-19-9-5-7-16-6-3-4-8-17(16)19/h3-9,18H,2,10-15H2,1H3,(H,21,23)/t18-/m0/s1. The molecule has 0 spiro atoms. The van der Waals surface area contributed by atoms with Crippen molar-refractivity contribution in [2.45, 2.75) is 19.4 Å². The van der Waals surface area contributed by atoms with Crippen LogP contribution in [-0.4, -0.2) is 56.3 Å². The molecule has 1 heterocycles. The van der Waals surface area contributed by atoms with Crippen molar-refractivity contribution in [3.05, 3.63) is 42.5 Å². The largest absolute Gasteiger partial charge is 0.480 e. The molecule has 3 rings (SSSR count). The molecule has 134 valence electrons. The smallest absolute Gasteiger partial charge is 0.261 e. The third kappa shape index (κ3) is 4.71. The number of hydrogen-bond acceptors (Lipinski definition) is 4. The number of nitrogens with zero attached hydrogens (tertiary/aromatic N) is 1. The average molecular weight is 342 g/mol. The minimum Gasteiger partial charge on any atom is -0.480 e. The van der Waals surface area contributed by atoms with Crippen molar-refractivity contribution in [3.63, 3.8) is 0 Å². The second kappa shape index (κ2) is 8.83. The first-order chi connectivity index (χ1) is 12.3. The number of amides is 1. The van der Waals surface area contributed by atoms with E-state index in [1.54, 1.807) is 0 Å². The second-order valence-electron chi connectivity index (χ2n) is 6.24. The van der Waals surface area contributed by atoms with Gasteiger partial charge in [0.15, 0.2) is 6.10 Å². The summed E-state index contributed by atoms with van der Waals surface area (Å²) in [7, 11) is 0. The summed E-state index contributed by atoms with van der Waals surface area (Å²) in [6, 6.07) is 14.0. The maximum absolute atomic E-state index is 12.5. The Balaban J connectivity index is 1.56. The van der Waals surface area contributed by atoms with Crippen LogP contribution < -0.4 is 10.1 Å². The lowest BCUT2D eigenvalue weighted by molar-refractivity contribution is -0.128. The van der Waals surface area contributed by atoms with Gasteiger partial charge in [0, 0.05) is 31.6 Å². The van der Waals surface area contributed by atoms with E-state index in [4.69, 9.17) is 9.47 Å². The van der Waals surface area contributed by atoms with Crippen LogP contribution in [0.5, 0.6) is 5.75 Å². The van der Waals surface area contributed by atoms with Crippen LogP contribution in [0.3, 0.4) is 0 Å². The lowest BCUT2D eigenvalue weighted by atomic mass is 10.1. The van der Waals surface area contributed by atoms with Crippen LogP contribution in [-0.2, 0) is 9.53 Å². The van der Waals surface area contributed by atoms with Crippen molar-refractivity contribution in [1.29, 1.82) is 0 Å². The zero-order valence-corrected chi connectivity index (χ0v) is 14.7. The van der Waals surface area contributed by atoms with Crippen molar-refractivity contribution < 1.29 is 14.3 Å². The molecule has 0 radical (unpaired) electrons. The molecule has 0 bridgehead atoms. The van der Waals surface area contributed by atoms with E-state index >= 15 is 0 Å². The van der Waals surface area contributed by atoms with Crippen molar-refractivity contribution in [2.75, 3.05) is 39.4 Å². The molecule has 1 aliphatic heterocycles. The first kappa shape index (κ1) is 17.7. The zero-order valence-electron chi connectivity index (χ0n) is 14.7. The van der Waals surface area contributed by atoms with E-state index < -0.39 is 6.10 Å². The fourth-order valence-electron chi connectivity index (χ4n) is 3.05. The lowest BCUT2D eigenvalue weighted by Gasteiger charge is -2.27. The number of rotatable bonds is 7. The maximum atomic E-state index is 12.5. The number of nitrogens with one attached hydrogen (secondary N) is 1. The molecule has 0 aliphatic carbocycles. The van der Waals surface area contributed by atoms with E-state index in [1.807, 2.05) is 49.4 Å². The third-order valence-electron chi connectivity index (χ3n) is 4.51. The van der Waals surface area contributed by atoms with Crippen LogP contribution in [0.15, 0.2) is 42.5 Å². The quantitative estimate of drug-likeness (QED) is 0.840. The highest BCUT2D eigenvalue weighted by molar-refractivity contribution is 5.89. The lowest BCUT2D eigenvalue weighted by Crippen LogP contribution is -2.44. The topological polar surface area (TPSA) is 50.8 Å². The molecule has 2 aromatic rings. The van der Waals surface area contributed by atoms with E-state index in [0.29, 0.717) is 13.0 Å². The van der Waals surface area contributed by atoms with Gasteiger partial charge in [-0.3, -0.25) is 9.69 Å². The molecule has 5 heteroatoms. The van der Waals surface area contributed by atoms with Gasteiger partial charge >= 0.3 is 0 Å². The van der Waals surface area contributed by atoms with Crippen LogP contribution >= 0.6 is 0 Å². The Morgan fingerprint density at radius 2 is 1.96 bits per heavy atom. The van der Waals surface area contributed by atoms with E-state index in [9.17, 15) is 4.79 Å². The summed E-state index contributed by atoms with van der Waals surface area (Å²) >= 11 is 0. The van der Waals surface area contributed by atoms with Gasteiger partial charge in [-0.1, -0.05) is 43.3 Å². The number of benzene rings is 2. The van der Waals surface area contributed by atoms with E-state index in [2.05, 4.69) is 10.2 Å². The summed E-state index contributed by atoms with van der Waals surface area (Å²) < 4.78 is 11.4. The molecule has 1 N–H and O–H groups in total. The van der Waals surface area contributed by atoms with Crippen molar-refractivity contribution in [2.24, 2.45) is 0 Å². The Morgan fingerprint density at radius 1 is 1.20 bits per heavy atom. The Kier molecular flexibility index (Phi) is 6.25. The molecule has 2 aromatic carbocycles. The maximum Gasteiger partial charge on any atom is 0.261 e. The van der Waals surface area contributed by atoms with Gasteiger partial charge in [0.1, 0.15) is 5.75 Å². The van der Waals surface area contributed by atoms with Gasteiger partial charge in [0.2, 0.25) is 0 Å². The van der Waals surface area contributed by atoms with Gasteiger partial charge in [0.25, 0.3) is 5.91 Å². The van der Waals surface area contributed by atoms with Crippen LogP contribution in [0, 0.1) is 0 Å². The van der Waals surface area contributed by atoms with Gasteiger partial charge in [-0.15, -0.1) is 0 Å². The predicted octanol–water partition coefficient (Wildman–Crippen LogP) is 2.45. The molecule has 1 amide bonds. The van der Waals surface area contributed by atoms with Gasteiger partial charge in [0.05, 0.1) is 13.2 Å². The number of morpholine rings is 1. The first-order valence-electron chi connectivity index (χ1n) is 9.00. The molecule has 5 nitrogen and oxygen atoms in total. The number of fused-ring (bicyclic) bond motifs is 1. The average Bonchev–Trinajstić information content (AvgIpc) is 2.67. The fraction of sp³-hybridized carbons (Fsp3) is 0.450. The fourth-order valence-corrected chi connectivity index (χ4v) is 3.05. The molecule has 0 unspecified atom stereocenters. The highest BCUT2D eigenvalue weighted by Gasteiger charge is 2.19. The molecule has 0 aromatic heterocycles. The third-order valence-corrected chi connectivity index (χ3v) is 4.51. The van der Waals surface area contributed by atoms with Crippen molar-refractivity contribution >= 4 is 16.7 Å².